The summed E-state index contributed by atoms with van der Waals surface area (Å²) in [5, 5.41) is 13.0. The molecule has 1 aliphatic carbocycles. The maximum absolute atomic E-state index is 8.98. The van der Waals surface area contributed by atoms with Gasteiger partial charge in [-0.05, 0) is 31.6 Å². The Morgan fingerprint density at radius 3 is 2.78 bits per heavy atom. The fraction of sp³-hybridized carbons (Fsp3) is 0.833. The molecule has 1 aromatic heterocycles. The lowest BCUT2D eigenvalue weighted by atomic mass is 9.79. The largest absolute Gasteiger partial charge is 0.394 e. The molecule has 1 aliphatic rings. The molecule has 1 fully saturated rings. The van der Waals surface area contributed by atoms with Crippen LogP contribution in [0.4, 0.5) is 0 Å². The molecule has 1 heterocycles. The Balaban J connectivity index is 2.20. The highest BCUT2D eigenvalue weighted by molar-refractivity contribution is 5.05. The molecule has 0 bridgehead atoms. The minimum Gasteiger partial charge on any atom is -0.394 e. The third-order valence-electron chi connectivity index (χ3n) is 3.84. The van der Waals surface area contributed by atoms with E-state index in [1.165, 1.54) is 0 Å². The Bertz CT molecular complexity index is 386. The first kappa shape index (κ1) is 13.5. The van der Waals surface area contributed by atoms with E-state index in [0.717, 1.165) is 25.7 Å². The van der Waals surface area contributed by atoms with E-state index in [1.807, 2.05) is 0 Å². The molecule has 0 aliphatic heterocycles. The first-order chi connectivity index (χ1) is 8.61. The number of aromatic nitrogens is 2. The smallest absolute Gasteiger partial charge is 0.246 e. The van der Waals surface area contributed by atoms with Crippen LogP contribution in [0, 0.1) is 5.92 Å². The number of rotatable bonds is 4. The minimum atomic E-state index is -0.623. The lowest BCUT2D eigenvalue weighted by Crippen LogP contribution is -2.34. The maximum atomic E-state index is 8.98. The third-order valence-corrected chi connectivity index (χ3v) is 3.84. The van der Waals surface area contributed by atoms with Crippen LogP contribution in [0.5, 0.6) is 0 Å². The van der Waals surface area contributed by atoms with Crippen LogP contribution in [0.15, 0.2) is 4.52 Å². The van der Waals surface area contributed by atoms with Crippen molar-refractivity contribution in [3.63, 3.8) is 0 Å². The van der Waals surface area contributed by atoms with Gasteiger partial charge in [-0.2, -0.15) is 4.98 Å². The van der Waals surface area contributed by atoms with Crippen LogP contribution in [0.1, 0.15) is 50.4 Å². The number of ether oxygens (including phenoxy) is 1. The van der Waals surface area contributed by atoms with Crippen LogP contribution in [-0.4, -0.2) is 29.0 Å². The summed E-state index contributed by atoms with van der Waals surface area (Å²) < 4.78 is 10.7. The molecule has 0 aromatic carbocycles. The molecule has 0 amide bonds. The summed E-state index contributed by atoms with van der Waals surface area (Å²) in [6.07, 6.45) is 3.95. The lowest BCUT2D eigenvalue weighted by molar-refractivity contribution is -0.0609. The van der Waals surface area contributed by atoms with Crippen molar-refractivity contribution in [2.75, 3.05) is 13.7 Å². The number of aliphatic hydroxyl groups excluding tert-OH is 1. The molecule has 0 unspecified atom stereocenters. The second kappa shape index (κ2) is 5.34. The third kappa shape index (κ3) is 2.41. The second-order valence-corrected chi connectivity index (χ2v) is 5.13. The summed E-state index contributed by atoms with van der Waals surface area (Å²) in [4.78, 5) is 4.28. The number of nitrogens with two attached hydrogens (primary N) is 1. The minimum absolute atomic E-state index is 0.210. The van der Waals surface area contributed by atoms with Gasteiger partial charge in [0.2, 0.25) is 11.7 Å². The summed E-state index contributed by atoms with van der Waals surface area (Å²) >= 11 is 0. The molecular weight excluding hydrogens is 234 g/mol. The van der Waals surface area contributed by atoms with Crippen LogP contribution >= 0.6 is 0 Å². The highest BCUT2D eigenvalue weighted by atomic mass is 16.5. The first-order valence-electron chi connectivity index (χ1n) is 6.37. The molecule has 3 N–H and O–H groups in total. The Labute approximate surface area is 107 Å². The summed E-state index contributed by atoms with van der Waals surface area (Å²) in [6.45, 7) is 2.03. The average molecular weight is 255 g/mol. The number of methoxy groups -OCH3 is 1. The van der Waals surface area contributed by atoms with Gasteiger partial charge < -0.3 is 20.1 Å². The van der Waals surface area contributed by atoms with E-state index in [-0.39, 0.29) is 12.5 Å². The Morgan fingerprint density at radius 2 is 2.22 bits per heavy atom. The topological polar surface area (TPSA) is 94.4 Å². The molecule has 6 heteroatoms. The number of hydrogen-bond donors (Lipinski definition) is 2. The predicted molar refractivity (Wildman–Crippen MR) is 64.6 cm³/mol. The number of aliphatic hydroxyl groups is 1. The molecule has 6 nitrogen and oxygen atoms in total. The Morgan fingerprint density at radius 1 is 1.56 bits per heavy atom. The normalized spacial score (nSPS) is 30.3. The summed E-state index contributed by atoms with van der Waals surface area (Å²) in [7, 11) is 1.68. The van der Waals surface area contributed by atoms with Crippen molar-refractivity contribution in [2.45, 2.75) is 44.2 Å². The molecule has 102 valence electrons. The van der Waals surface area contributed by atoms with E-state index in [9.17, 15) is 0 Å². The van der Waals surface area contributed by atoms with Gasteiger partial charge in [-0.15, -0.1) is 0 Å². The zero-order chi connectivity index (χ0) is 13.2. The molecule has 0 radical (unpaired) electrons. The lowest BCUT2D eigenvalue weighted by Gasteiger charge is -2.35. The van der Waals surface area contributed by atoms with Crippen molar-refractivity contribution < 1.29 is 14.4 Å². The van der Waals surface area contributed by atoms with Gasteiger partial charge >= 0.3 is 0 Å². The SMILES string of the molecule is COC1(c2noc([C@@H](N)CO)n2)CCC(C)CC1. The molecule has 1 atom stereocenters. The summed E-state index contributed by atoms with van der Waals surface area (Å²) in [5.41, 5.74) is 5.20. The molecule has 0 spiro atoms. The zero-order valence-corrected chi connectivity index (χ0v) is 10.9. The first-order valence-corrected chi connectivity index (χ1v) is 6.37. The van der Waals surface area contributed by atoms with Crippen LogP contribution in [0.2, 0.25) is 0 Å². The van der Waals surface area contributed by atoms with Gasteiger partial charge in [-0.3, -0.25) is 0 Å². The predicted octanol–water partition coefficient (Wildman–Crippen LogP) is 1.11. The zero-order valence-electron chi connectivity index (χ0n) is 10.9. The average Bonchev–Trinajstić information content (AvgIpc) is 2.89. The van der Waals surface area contributed by atoms with Crippen LogP contribution < -0.4 is 5.73 Å². The van der Waals surface area contributed by atoms with Crippen LogP contribution in [0.25, 0.3) is 0 Å². The quantitative estimate of drug-likeness (QED) is 0.837. The van der Waals surface area contributed by atoms with E-state index < -0.39 is 11.6 Å². The van der Waals surface area contributed by atoms with E-state index >= 15 is 0 Å². The highest BCUT2D eigenvalue weighted by Gasteiger charge is 2.40. The summed E-state index contributed by atoms with van der Waals surface area (Å²) in [5.74, 6) is 1.53. The van der Waals surface area contributed by atoms with Gasteiger partial charge in [0.15, 0.2) is 0 Å². The highest BCUT2D eigenvalue weighted by Crippen LogP contribution is 2.40. The van der Waals surface area contributed by atoms with Gasteiger partial charge in [-0.25, -0.2) is 0 Å². The molecular formula is C12H21N3O3. The standard InChI is InChI=1S/C12H21N3O3/c1-8-3-5-12(17-2,6-4-8)11-14-10(18-15-11)9(13)7-16/h8-9,16H,3-7,13H2,1-2H3/t8?,9-,12?/m0/s1. The van der Waals surface area contributed by atoms with Gasteiger partial charge in [0.05, 0.1) is 6.61 Å². The van der Waals surface area contributed by atoms with Crippen LogP contribution in [-0.2, 0) is 10.3 Å². The van der Waals surface area contributed by atoms with E-state index in [1.54, 1.807) is 7.11 Å². The molecule has 1 aromatic rings. The Kier molecular flexibility index (Phi) is 3.99. The fourth-order valence-electron chi connectivity index (χ4n) is 2.40. The van der Waals surface area contributed by atoms with Gasteiger partial charge in [0.1, 0.15) is 11.6 Å². The van der Waals surface area contributed by atoms with Gasteiger partial charge in [-0.1, -0.05) is 12.1 Å². The van der Waals surface area contributed by atoms with E-state index in [2.05, 4.69) is 17.1 Å². The van der Waals surface area contributed by atoms with Crippen molar-refractivity contribution in [1.29, 1.82) is 0 Å². The number of nitrogens with zero attached hydrogens (tertiary/aromatic N) is 2. The molecule has 2 rings (SSSR count). The van der Waals surface area contributed by atoms with E-state index in [4.69, 9.17) is 20.1 Å². The van der Waals surface area contributed by atoms with Crippen molar-refractivity contribution >= 4 is 0 Å². The number of hydrogen-bond acceptors (Lipinski definition) is 6. The monoisotopic (exact) mass is 255 g/mol. The van der Waals surface area contributed by atoms with Crippen molar-refractivity contribution in [2.24, 2.45) is 11.7 Å². The van der Waals surface area contributed by atoms with Gasteiger partial charge in [0, 0.05) is 7.11 Å². The van der Waals surface area contributed by atoms with Crippen molar-refractivity contribution in [3.05, 3.63) is 11.7 Å². The molecule has 1 saturated carbocycles. The fourth-order valence-corrected chi connectivity index (χ4v) is 2.40. The van der Waals surface area contributed by atoms with Crippen molar-refractivity contribution in [1.82, 2.24) is 10.1 Å². The molecule has 0 saturated heterocycles. The van der Waals surface area contributed by atoms with Crippen LogP contribution in [0.3, 0.4) is 0 Å². The van der Waals surface area contributed by atoms with Gasteiger partial charge in [0.25, 0.3) is 0 Å². The Hall–Kier alpha value is -0.980. The molecule has 18 heavy (non-hydrogen) atoms. The second-order valence-electron chi connectivity index (χ2n) is 5.13. The van der Waals surface area contributed by atoms with E-state index in [0.29, 0.717) is 11.7 Å². The maximum Gasteiger partial charge on any atom is 0.246 e. The summed E-state index contributed by atoms with van der Waals surface area (Å²) in [6, 6.07) is -0.623. The van der Waals surface area contributed by atoms with Crippen molar-refractivity contribution in [3.8, 4) is 0 Å².